The number of hydrogen-bond donors (Lipinski definition) is 2. The van der Waals surface area contributed by atoms with Crippen molar-refractivity contribution in [3.8, 4) is 28.9 Å². The van der Waals surface area contributed by atoms with Gasteiger partial charge in [0.1, 0.15) is 29.3 Å². The van der Waals surface area contributed by atoms with E-state index in [0.29, 0.717) is 29.0 Å². The molecule has 0 bridgehead atoms. The molecule has 3 fully saturated rings. The van der Waals surface area contributed by atoms with Crippen molar-refractivity contribution < 1.29 is 33.2 Å². The molecule has 14 nitrogen and oxygen atoms in total. The van der Waals surface area contributed by atoms with Gasteiger partial charge in [0, 0.05) is 43.3 Å². The van der Waals surface area contributed by atoms with Crippen LogP contribution in [-0.2, 0) is 15.0 Å². The number of nitrogens with zero attached hydrogens (tertiary/aromatic N) is 5. The van der Waals surface area contributed by atoms with Crippen molar-refractivity contribution in [2.45, 2.75) is 81.9 Å². The SMILES string of the molecule is Cc1nc(-c2cnc(Oc3ccc(C4(c5ccc(OC6CC(Nc7ccc8c(c7)C(=O)N(C7CCC(=O)NC7=O)C8=O)C6)cc5)CCCC4)cc3)cn2)no1. The number of fused-ring (bicyclic) bond motifs is 1. The van der Waals surface area contributed by atoms with Gasteiger partial charge in [-0.15, -0.1) is 0 Å². The molecule has 9 rings (SSSR count). The van der Waals surface area contributed by atoms with Crippen molar-refractivity contribution in [1.82, 2.24) is 30.3 Å². The molecule has 1 atom stereocenters. The van der Waals surface area contributed by atoms with Crippen LogP contribution in [0.2, 0.25) is 0 Å². The number of aryl methyl sites for hydroxylation is 1. The number of carbonyl (C=O) groups excluding carboxylic acids is 4. The first-order valence-electron chi connectivity index (χ1n) is 18.5. The number of aromatic nitrogens is 4. The molecular formula is C41H37N7O7. The molecular weight excluding hydrogens is 702 g/mol. The molecule has 2 saturated carbocycles. The Balaban J connectivity index is 0.797. The summed E-state index contributed by atoms with van der Waals surface area (Å²) in [5.74, 6) is 0.635. The maximum Gasteiger partial charge on any atom is 0.262 e. The summed E-state index contributed by atoms with van der Waals surface area (Å²) in [7, 11) is 0. The summed E-state index contributed by atoms with van der Waals surface area (Å²) < 4.78 is 17.3. The summed E-state index contributed by atoms with van der Waals surface area (Å²) in [6.07, 6.45) is 9.33. The number of nitrogens with one attached hydrogen (secondary N) is 2. The highest BCUT2D eigenvalue weighted by atomic mass is 16.5. The van der Waals surface area contributed by atoms with E-state index in [1.54, 1.807) is 37.5 Å². The van der Waals surface area contributed by atoms with Gasteiger partial charge in [-0.25, -0.2) is 9.97 Å². The van der Waals surface area contributed by atoms with Crippen LogP contribution in [-0.4, -0.2) is 66.8 Å². The zero-order valence-corrected chi connectivity index (χ0v) is 30.0. The summed E-state index contributed by atoms with van der Waals surface area (Å²) in [5.41, 5.74) is 4.15. The van der Waals surface area contributed by atoms with Crippen molar-refractivity contribution in [2.75, 3.05) is 5.32 Å². The number of anilines is 1. The summed E-state index contributed by atoms with van der Waals surface area (Å²) in [4.78, 5) is 64.1. The van der Waals surface area contributed by atoms with E-state index in [-0.39, 0.29) is 41.5 Å². The number of amides is 4. The predicted octanol–water partition coefficient (Wildman–Crippen LogP) is 5.91. The van der Waals surface area contributed by atoms with Crippen LogP contribution in [0.1, 0.15) is 89.1 Å². The lowest BCUT2D eigenvalue weighted by molar-refractivity contribution is -0.136. The van der Waals surface area contributed by atoms with E-state index in [9.17, 15) is 19.2 Å². The third kappa shape index (κ3) is 6.47. The molecule has 14 heteroatoms. The number of piperidine rings is 1. The van der Waals surface area contributed by atoms with Crippen molar-refractivity contribution in [3.05, 3.63) is 107 Å². The number of carbonyl (C=O) groups is 4. The standard InChI is InChI=1S/C41H37N7O7/c1-23-44-37(47-55-23)33-21-43-36(22-42-33)54-29-11-6-25(7-12-29)41(16-2-3-17-41)24-4-9-28(10-5-24)53-30-18-27(19-30)45-26-8-13-31-32(20-26)40(52)48(39(31)51)34-14-15-35(49)46-38(34)50/h4-13,20-22,27,30,34,45H,2-3,14-19H2,1H3,(H,46,49,50). The third-order valence-electron chi connectivity index (χ3n) is 11.1. The van der Waals surface area contributed by atoms with E-state index in [1.807, 2.05) is 12.1 Å². The van der Waals surface area contributed by atoms with Crippen LogP contribution in [0.5, 0.6) is 17.4 Å². The molecule has 5 aromatic rings. The topological polar surface area (TPSA) is 179 Å². The average Bonchev–Trinajstić information content (AvgIpc) is 3.91. The monoisotopic (exact) mass is 739 g/mol. The van der Waals surface area contributed by atoms with E-state index >= 15 is 0 Å². The number of benzene rings is 3. The van der Waals surface area contributed by atoms with Gasteiger partial charge in [-0.3, -0.25) is 29.4 Å². The highest BCUT2D eigenvalue weighted by Gasteiger charge is 2.45. The van der Waals surface area contributed by atoms with Crippen molar-refractivity contribution in [3.63, 3.8) is 0 Å². The lowest BCUT2D eigenvalue weighted by Crippen LogP contribution is -2.54. The minimum Gasteiger partial charge on any atom is -0.490 e. The smallest absolute Gasteiger partial charge is 0.262 e. The van der Waals surface area contributed by atoms with Gasteiger partial charge in [-0.2, -0.15) is 4.98 Å². The number of imide groups is 2. The predicted molar refractivity (Wildman–Crippen MR) is 196 cm³/mol. The Labute approximate surface area is 315 Å². The fourth-order valence-corrected chi connectivity index (χ4v) is 8.19. The summed E-state index contributed by atoms with van der Waals surface area (Å²) in [6.45, 7) is 1.72. The summed E-state index contributed by atoms with van der Waals surface area (Å²) in [5, 5.41) is 9.56. The third-order valence-corrected chi connectivity index (χ3v) is 11.1. The van der Waals surface area contributed by atoms with Crippen LogP contribution in [0.4, 0.5) is 5.69 Å². The lowest BCUT2D eigenvalue weighted by atomic mass is 9.73. The normalized spacial score (nSPS) is 21.5. The molecule has 0 radical (unpaired) electrons. The van der Waals surface area contributed by atoms with Crippen molar-refractivity contribution >= 4 is 29.3 Å². The van der Waals surface area contributed by atoms with Crippen LogP contribution in [0.15, 0.2) is 83.6 Å². The molecule has 3 aromatic carbocycles. The number of rotatable bonds is 10. The minimum absolute atomic E-state index is 0.0427. The molecule has 2 aliphatic heterocycles. The maximum absolute atomic E-state index is 13.2. The van der Waals surface area contributed by atoms with E-state index in [1.165, 1.54) is 11.1 Å². The molecule has 278 valence electrons. The second-order valence-corrected chi connectivity index (χ2v) is 14.6. The highest BCUT2D eigenvalue weighted by Crippen LogP contribution is 2.47. The zero-order valence-electron chi connectivity index (χ0n) is 30.0. The molecule has 4 heterocycles. The van der Waals surface area contributed by atoms with Crippen LogP contribution in [0, 0.1) is 6.92 Å². The largest absolute Gasteiger partial charge is 0.490 e. The zero-order chi connectivity index (χ0) is 37.7. The lowest BCUT2D eigenvalue weighted by Gasteiger charge is -2.36. The Morgan fingerprint density at radius 2 is 1.56 bits per heavy atom. The molecule has 2 aromatic heterocycles. The van der Waals surface area contributed by atoms with E-state index in [2.05, 4.69) is 67.1 Å². The molecule has 2 N–H and O–H groups in total. The fraction of sp³-hybridized carbons (Fsp3) is 0.317. The molecule has 4 amide bonds. The second kappa shape index (κ2) is 13.8. The second-order valence-electron chi connectivity index (χ2n) is 14.6. The van der Waals surface area contributed by atoms with Crippen LogP contribution >= 0.6 is 0 Å². The molecule has 0 spiro atoms. The van der Waals surface area contributed by atoms with Gasteiger partial charge in [0.25, 0.3) is 11.8 Å². The Morgan fingerprint density at radius 1 is 0.855 bits per heavy atom. The fourth-order valence-electron chi connectivity index (χ4n) is 8.19. The molecule has 55 heavy (non-hydrogen) atoms. The van der Waals surface area contributed by atoms with Crippen LogP contribution in [0.3, 0.4) is 0 Å². The Morgan fingerprint density at radius 3 is 2.22 bits per heavy atom. The van der Waals surface area contributed by atoms with Crippen LogP contribution in [0.25, 0.3) is 11.5 Å². The number of ether oxygens (including phenoxy) is 2. The van der Waals surface area contributed by atoms with E-state index in [0.717, 1.165) is 54.9 Å². The summed E-state index contributed by atoms with van der Waals surface area (Å²) >= 11 is 0. The highest BCUT2D eigenvalue weighted by molar-refractivity contribution is 6.23. The van der Waals surface area contributed by atoms with Gasteiger partial charge in [0.15, 0.2) is 0 Å². The van der Waals surface area contributed by atoms with Gasteiger partial charge in [0.05, 0.1) is 23.5 Å². The van der Waals surface area contributed by atoms with Gasteiger partial charge in [0.2, 0.25) is 29.4 Å². The Hall–Kier alpha value is -6.44. The Bertz CT molecular complexity index is 2290. The van der Waals surface area contributed by atoms with Gasteiger partial charge < -0.3 is 19.3 Å². The first kappa shape index (κ1) is 34.3. The van der Waals surface area contributed by atoms with Crippen molar-refractivity contribution in [2.24, 2.45) is 0 Å². The maximum atomic E-state index is 13.2. The summed E-state index contributed by atoms with van der Waals surface area (Å²) in [6, 6.07) is 20.9. The van der Waals surface area contributed by atoms with Crippen molar-refractivity contribution in [1.29, 1.82) is 0 Å². The minimum atomic E-state index is -0.988. The van der Waals surface area contributed by atoms with Gasteiger partial charge >= 0.3 is 0 Å². The number of hydrogen-bond acceptors (Lipinski definition) is 12. The van der Waals surface area contributed by atoms with E-state index < -0.39 is 29.7 Å². The van der Waals surface area contributed by atoms with Gasteiger partial charge in [-0.05, 0) is 72.9 Å². The first-order chi connectivity index (χ1) is 26.7. The molecule has 1 unspecified atom stereocenters. The van der Waals surface area contributed by atoms with Crippen LogP contribution < -0.4 is 20.1 Å². The van der Waals surface area contributed by atoms with Gasteiger partial charge in [-0.1, -0.05) is 42.3 Å². The molecule has 2 aliphatic carbocycles. The average molecular weight is 740 g/mol. The molecule has 1 saturated heterocycles. The van der Waals surface area contributed by atoms with E-state index in [4.69, 9.17) is 14.0 Å². The Kier molecular flexibility index (Phi) is 8.59. The first-order valence-corrected chi connectivity index (χ1v) is 18.5. The molecule has 4 aliphatic rings. The quantitative estimate of drug-likeness (QED) is 0.162.